The van der Waals surface area contributed by atoms with Crippen LogP contribution in [0.5, 0.6) is 0 Å². The van der Waals surface area contributed by atoms with Crippen molar-refractivity contribution in [1.29, 1.82) is 0 Å². The monoisotopic (exact) mass is 558 g/mol. The van der Waals surface area contributed by atoms with Gasteiger partial charge in [0.2, 0.25) is 0 Å². The second kappa shape index (κ2) is 11.7. The van der Waals surface area contributed by atoms with Crippen LogP contribution < -0.4 is 0 Å². The molecule has 0 atom stereocenters. The molecule has 0 fully saturated rings. The third kappa shape index (κ3) is 4.33. The average molecular weight is 559 g/mol. The number of pyridine rings is 1. The summed E-state index contributed by atoms with van der Waals surface area (Å²) in [4.78, 5) is 0. The first-order chi connectivity index (χ1) is 21.2. The van der Waals surface area contributed by atoms with E-state index in [1.165, 1.54) is 65.7 Å². The highest BCUT2D eigenvalue weighted by Gasteiger charge is 2.20. The van der Waals surface area contributed by atoms with Gasteiger partial charge in [0, 0.05) is 38.2 Å². The van der Waals surface area contributed by atoms with Gasteiger partial charge in [0.25, 0.3) is 0 Å². The molecule has 4 aromatic carbocycles. The van der Waals surface area contributed by atoms with Crippen molar-refractivity contribution in [3.8, 4) is 5.69 Å². The molecule has 0 unspecified atom stereocenters. The topological polar surface area (TPSA) is 9.34 Å². The predicted octanol–water partition coefficient (Wildman–Crippen LogP) is 12.0. The van der Waals surface area contributed by atoms with E-state index >= 15 is 0 Å². The maximum atomic E-state index is 4.18. The minimum absolute atomic E-state index is 1.12. The molecule has 212 valence electrons. The van der Waals surface area contributed by atoms with E-state index in [0.29, 0.717) is 0 Å². The second-order valence-electron chi connectivity index (χ2n) is 10.5. The van der Waals surface area contributed by atoms with Gasteiger partial charge in [-0.3, -0.25) is 0 Å². The van der Waals surface area contributed by atoms with Crippen LogP contribution in [-0.2, 0) is 0 Å². The van der Waals surface area contributed by atoms with Crippen LogP contribution in [0, 0.1) is 0 Å². The Bertz CT molecular complexity index is 2250. The summed E-state index contributed by atoms with van der Waals surface area (Å²) in [5.74, 6) is 0. The van der Waals surface area contributed by atoms with E-state index in [1.807, 2.05) is 19.9 Å². The van der Waals surface area contributed by atoms with Crippen LogP contribution in [0.3, 0.4) is 0 Å². The Labute approximate surface area is 254 Å². The second-order valence-corrected chi connectivity index (χ2v) is 10.5. The van der Waals surface area contributed by atoms with Crippen molar-refractivity contribution >= 4 is 66.7 Å². The molecule has 0 radical (unpaired) electrons. The number of para-hydroxylation sites is 2. The molecule has 0 bridgehead atoms. The molecule has 0 aliphatic heterocycles. The molecular formula is C41H38N2. The Morgan fingerprint density at radius 2 is 1.35 bits per heavy atom. The maximum absolute atomic E-state index is 4.18. The number of hydrogen-bond acceptors (Lipinski definition) is 0. The predicted molar refractivity (Wildman–Crippen MR) is 191 cm³/mol. The highest BCUT2D eigenvalue weighted by molar-refractivity contribution is 6.30. The zero-order chi connectivity index (χ0) is 30.1. The Morgan fingerprint density at radius 1 is 0.651 bits per heavy atom. The zero-order valence-corrected chi connectivity index (χ0v) is 25.7. The first kappa shape index (κ1) is 28.1. The SMILES string of the molecule is C=Cc1c(/C=C\C)cc2c3ccc4c(c5ccccc5n4-c4cccc(C(/C=C\C)=C/C)c4)c3c3ccccc3n12.CC. The van der Waals surface area contributed by atoms with E-state index in [0.717, 1.165) is 11.4 Å². The van der Waals surface area contributed by atoms with E-state index < -0.39 is 0 Å². The molecule has 0 aliphatic carbocycles. The minimum Gasteiger partial charge on any atom is -0.309 e. The lowest BCUT2D eigenvalue weighted by Crippen LogP contribution is -1.96. The third-order valence-corrected chi connectivity index (χ3v) is 8.23. The molecule has 0 N–H and O–H groups in total. The summed E-state index contributed by atoms with van der Waals surface area (Å²) in [7, 11) is 0. The molecule has 0 amide bonds. The number of fused-ring (bicyclic) bond motifs is 10. The summed E-state index contributed by atoms with van der Waals surface area (Å²) in [6.45, 7) is 14.4. The molecular weight excluding hydrogens is 520 g/mol. The summed E-state index contributed by atoms with van der Waals surface area (Å²) >= 11 is 0. The smallest absolute Gasteiger partial charge is 0.0547 e. The van der Waals surface area contributed by atoms with Crippen LogP contribution in [0.25, 0.3) is 72.4 Å². The summed E-state index contributed by atoms with van der Waals surface area (Å²) in [5.41, 5.74) is 10.7. The van der Waals surface area contributed by atoms with E-state index in [1.54, 1.807) is 0 Å². The van der Waals surface area contributed by atoms with Crippen LogP contribution in [0.1, 0.15) is 51.4 Å². The number of nitrogens with zero attached hydrogens (tertiary/aromatic N) is 2. The van der Waals surface area contributed by atoms with E-state index in [-0.39, 0.29) is 0 Å². The zero-order valence-electron chi connectivity index (χ0n) is 25.7. The molecule has 3 heterocycles. The summed E-state index contributed by atoms with van der Waals surface area (Å²) in [6, 6.07) is 33.4. The molecule has 2 nitrogen and oxygen atoms in total. The van der Waals surface area contributed by atoms with Crippen LogP contribution in [-0.4, -0.2) is 8.97 Å². The normalized spacial score (nSPS) is 12.3. The lowest BCUT2D eigenvalue weighted by Gasteiger charge is -2.13. The summed E-state index contributed by atoms with van der Waals surface area (Å²) in [5, 5.41) is 6.33. The van der Waals surface area contributed by atoms with Gasteiger partial charge in [0.1, 0.15) is 0 Å². The number of rotatable bonds is 5. The van der Waals surface area contributed by atoms with Crippen molar-refractivity contribution in [2.75, 3.05) is 0 Å². The van der Waals surface area contributed by atoms with Crippen molar-refractivity contribution in [3.05, 3.63) is 139 Å². The first-order valence-corrected chi connectivity index (χ1v) is 15.3. The Balaban J connectivity index is 0.00000161. The highest BCUT2D eigenvalue weighted by atomic mass is 15.0. The average Bonchev–Trinajstić information content (AvgIpc) is 3.60. The molecule has 0 aliphatic rings. The van der Waals surface area contributed by atoms with Crippen molar-refractivity contribution in [2.45, 2.75) is 34.6 Å². The van der Waals surface area contributed by atoms with Gasteiger partial charge < -0.3 is 8.97 Å². The van der Waals surface area contributed by atoms with Crippen LogP contribution in [0.4, 0.5) is 0 Å². The molecule has 0 saturated carbocycles. The first-order valence-electron chi connectivity index (χ1n) is 15.3. The van der Waals surface area contributed by atoms with Gasteiger partial charge in [0.15, 0.2) is 0 Å². The van der Waals surface area contributed by atoms with Crippen LogP contribution in [0.2, 0.25) is 0 Å². The quantitative estimate of drug-likeness (QED) is 0.147. The molecule has 0 saturated heterocycles. The van der Waals surface area contributed by atoms with Gasteiger partial charge in [-0.2, -0.15) is 0 Å². The Kier molecular flexibility index (Phi) is 7.61. The molecule has 7 rings (SSSR count). The van der Waals surface area contributed by atoms with Gasteiger partial charge in [-0.15, -0.1) is 0 Å². The fourth-order valence-corrected chi connectivity index (χ4v) is 6.60. The fourth-order valence-electron chi connectivity index (χ4n) is 6.60. The lowest BCUT2D eigenvalue weighted by molar-refractivity contribution is 1.18. The van der Waals surface area contributed by atoms with Gasteiger partial charge in [0.05, 0.1) is 27.8 Å². The molecule has 43 heavy (non-hydrogen) atoms. The Hall–Kier alpha value is -5.08. The van der Waals surface area contributed by atoms with Crippen molar-refractivity contribution in [1.82, 2.24) is 8.97 Å². The standard InChI is InChI=1S/C39H32N2.C2H6/c1-5-14-26(7-3)27-16-13-17-29(24-27)40-34-20-11-10-19-31(34)39-36(40)23-22-32-37-25-28(15-6-2)33(8-4)41(37)35-21-12-9-18-30(35)38(32)39;1-2/h5-25H,4H2,1-3H3;1-2H3/b14-5-,15-6-,26-7+;. The highest BCUT2D eigenvalue weighted by Crippen LogP contribution is 2.42. The largest absolute Gasteiger partial charge is 0.309 e. The summed E-state index contributed by atoms with van der Waals surface area (Å²) < 4.78 is 4.79. The van der Waals surface area contributed by atoms with Crippen LogP contribution in [0.15, 0.2) is 122 Å². The number of hydrogen-bond donors (Lipinski definition) is 0. The maximum Gasteiger partial charge on any atom is 0.0547 e. The van der Waals surface area contributed by atoms with Gasteiger partial charge in [-0.05, 0) is 74.4 Å². The van der Waals surface area contributed by atoms with Crippen molar-refractivity contribution in [3.63, 3.8) is 0 Å². The number of benzene rings is 4. The van der Waals surface area contributed by atoms with Gasteiger partial charge in [-0.1, -0.05) is 105 Å². The minimum atomic E-state index is 1.12. The molecule has 2 heteroatoms. The van der Waals surface area contributed by atoms with Crippen molar-refractivity contribution in [2.24, 2.45) is 0 Å². The molecule has 7 aromatic rings. The third-order valence-electron chi connectivity index (χ3n) is 8.23. The Morgan fingerprint density at radius 3 is 2.05 bits per heavy atom. The van der Waals surface area contributed by atoms with Gasteiger partial charge in [-0.25, -0.2) is 0 Å². The summed E-state index contributed by atoms with van der Waals surface area (Å²) in [6.07, 6.45) is 12.7. The van der Waals surface area contributed by atoms with E-state index in [2.05, 4.69) is 158 Å². The van der Waals surface area contributed by atoms with E-state index in [9.17, 15) is 0 Å². The van der Waals surface area contributed by atoms with Crippen molar-refractivity contribution < 1.29 is 0 Å². The number of aromatic nitrogens is 2. The van der Waals surface area contributed by atoms with Crippen LogP contribution >= 0.6 is 0 Å². The molecule has 0 spiro atoms. The lowest BCUT2D eigenvalue weighted by atomic mass is 9.99. The fraction of sp³-hybridized carbons (Fsp3) is 0.122. The van der Waals surface area contributed by atoms with E-state index in [4.69, 9.17) is 0 Å². The van der Waals surface area contributed by atoms with Gasteiger partial charge >= 0.3 is 0 Å². The molecule has 3 aromatic heterocycles. The number of allylic oxidation sites excluding steroid dienone is 5.